The van der Waals surface area contributed by atoms with Crippen molar-refractivity contribution in [2.75, 3.05) is 37.5 Å². The molecule has 9 heteroatoms. The molecule has 1 unspecified atom stereocenters. The molecule has 3 heterocycles. The summed E-state index contributed by atoms with van der Waals surface area (Å²) >= 11 is 0. The van der Waals surface area contributed by atoms with Gasteiger partial charge >= 0.3 is 0 Å². The van der Waals surface area contributed by atoms with Crippen LogP contribution >= 0.6 is 0 Å². The number of aromatic nitrogens is 3. The summed E-state index contributed by atoms with van der Waals surface area (Å²) in [6.07, 6.45) is 2.01. The standard InChI is InChI=1S/C20H21N5O4/c21-19-18-20(26)24-14-2-1-3-15(11-14)28-8-6-27-7-9-29-17-10-13(4-5-22-17)16(25-18)12-23-19/h1-5,10-12,20,24,26H,6-9H2,(H2,21,23). The Balaban J connectivity index is 1.68. The molecule has 1 aliphatic rings. The number of benzene rings is 1. The van der Waals surface area contributed by atoms with Gasteiger partial charge in [0.15, 0.2) is 6.23 Å². The SMILES string of the molecule is Nc1ncc2nc1C(O)Nc1cccc(c1)OCCOCCOc1cc-2ccn1. The molecule has 2 aromatic heterocycles. The molecule has 4 N–H and O–H groups in total. The molecule has 0 saturated carbocycles. The number of anilines is 2. The number of fused-ring (bicyclic) bond motifs is 7. The molecule has 0 saturated heterocycles. The maximum Gasteiger partial charge on any atom is 0.213 e. The summed E-state index contributed by atoms with van der Waals surface area (Å²) in [6, 6.07) is 10.8. The van der Waals surface area contributed by atoms with E-state index in [0.29, 0.717) is 49.4 Å². The van der Waals surface area contributed by atoms with E-state index in [-0.39, 0.29) is 11.5 Å². The van der Waals surface area contributed by atoms with Gasteiger partial charge in [-0.05, 0) is 18.2 Å². The first-order valence-corrected chi connectivity index (χ1v) is 9.16. The fourth-order valence-corrected chi connectivity index (χ4v) is 2.83. The van der Waals surface area contributed by atoms with E-state index in [9.17, 15) is 5.11 Å². The molecular formula is C20H21N5O4. The van der Waals surface area contributed by atoms with Gasteiger partial charge in [0.05, 0.1) is 25.1 Å². The maximum atomic E-state index is 10.6. The lowest BCUT2D eigenvalue weighted by Gasteiger charge is -2.17. The van der Waals surface area contributed by atoms with E-state index in [0.717, 1.165) is 5.56 Å². The van der Waals surface area contributed by atoms with Crippen LogP contribution in [0.25, 0.3) is 11.3 Å². The number of nitrogens with zero attached hydrogens (tertiary/aromatic N) is 3. The van der Waals surface area contributed by atoms with E-state index in [4.69, 9.17) is 19.9 Å². The monoisotopic (exact) mass is 395 g/mol. The molecule has 3 aromatic rings. The van der Waals surface area contributed by atoms with Crippen molar-refractivity contribution in [2.24, 2.45) is 0 Å². The van der Waals surface area contributed by atoms with Gasteiger partial charge in [-0.1, -0.05) is 6.07 Å². The number of ether oxygens (including phenoxy) is 3. The third kappa shape index (κ3) is 4.71. The third-order valence-electron chi connectivity index (χ3n) is 4.23. The van der Waals surface area contributed by atoms with Crippen molar-refractivity contribution in [3.05, 3.63) is 54.5 Å². The molecule has 0 radical (unpaired) electrons. The molecule has 1 aromatic carbocycles. The minimum absolute atomic E-state index is 0.137. The number of nitrogen functional groups attached to an aromatic ring is 1. The zero-order valence-corrected chi connectivity index (χ0v) is 15.6. The molecule has 6 bridgehead atoms. The Bertz CT molecular complexity index is 985. The van der Waals surface area contributed by atoms with Gasteiger partial charge in [-0.3, -0.25) is 0 Å². The predicted molar refractivity (Wildman–Crippen MR) is 107 cm³/mol. The van der Waals surface area contributed by atoms with E-state index in [2.05, 4.69) is 20.3 Å². The Morgan fingerprint density at radius 3 is 2.79 bits per heavy atom. The van der Waals surface area contributed by atoms with Crippen LogP contribution in [0, 0.1) is 0 Å². The van der Waals surface area contributed by atoms with Gasteiger partial charge in [-0.2, -0.15) is 0 Å². The molecule has 0 spiro atoms. The summed E-state index contributed by atoms with van der Waals surface area (Å²) in [6.45, 7) is 1.58. The molecule has 4 rings (SSSR count). The van der Waals surface area contributed by atoms with Crippen LogP contribution in [-0.4, -0.2) is 46.5 Å². The van der Waals surface area contributed by atoms with Crippen molar-refractivity contribution in [3.8, 4) is 22.9 Å². The lowest BCUT2D eigenvalue weighted by Crippen LogP contribution is -2.16. The van der Waals surface area contributed by atoms with Crippen molar-refractivity contribution in [1.82, 2.24) is 15.0 Å². The molecule has 1 atom stereocenters. The Morgan fingerprint density at radius 2 is 1.90 bits per heavy atom. The highest BCUT2D eigenvalue weighted by atomic mass is 16.5. The molecular weight excluding hydrogens is 374 g/mol. The second kappa shape index (κ2) is 8.72. The Labute approximate surface area is 167 Å². The fourth-order valence-electron chi connectivity index (χ4n) is 2.83. The van der Waals surface area contributed by atoms with Crippen LogP contribution in [0.15, 0.2) is 48.8 Å². The predicted octanol–water partition coefficient (Wildman–Crippen LogP) is 2.01. The minimum Gasteiger partial charge on any atom is -0.491 e. The van der Waals surface area contributed by atoms with Crippen LogP contribution in [0.3, 0.4) is 0 Å². The maximum absolute atomic E-state index is 10.6. The number of rotatable bonds is 0. The number of aliphatic hydroxyl groups is 1. The van der Waals surface area contributed by atoms with Gasteiger partial charge in [0, 0.05) is 29.6 Å². The summed E-state index contributed by atoms with van der Waals surface area (Å²) in [7, 11) is 0. The van der Waals surface area contributed by atoms with E-state index in [1.807, 2.05) is 18.2 Å². The third-order valence-corrected chi connectivity index (χ3v) is 4.23. The number of nitrogens with two attached hydrogens (primary N) is 1. The number of aliphatic hydroxyl groups excluding tert-OH is 1. The average Bonchev–Trinajstić information content (AvgIpc) is 2.73. The second-order valence-corrected chi connectivity index (χ2v) is 6.29. The summed E-state index contributed by atoms with van der Waals surface area (Å²) in [5.41, 5.74) is 8.12. The van der Waals surface area contributed by atoms with E-state index in [1.165, 1.54) is 0 Å². The van der Waals surface area contributed by atoms with Crippen LogP contribution in [0.1, 0.15) is 11.9 Å². The Morgan fingerprint density at radius 1 is 1.03 bits per heavy atom. The van der Waals surface area contributed by atoms with E-state index in [1.54, 1.807) is 30.6 Å². The molecule has 150 valence electrons. The number of hydrogen-bond donors (Lipinski definition) is 3. The summed E-state index contributed by atoms with van der Waals surface area (Å²) in [5, 5.41) is 13.6. The van der Waals surface area contributed by atoms with Gasteiger partial charge in [-0.15, -0.1) is 0 Å². The molecule has 0 aliphatic carbocycles. The zero-order valence-electron chi connectivity index (χ0n) is 15.6. The summed E-state index contributed by atoms with van der Waals surface area (Å²) in [4.78, 5) is 12.9. The quantitative estimate of drug-likeness (QED) is 0.524. The van der Waals surface area contributed by atoms with Gasteiger partial charge in [0.25, 0.3) is 0 Å². The summed E-state index contributed by atoms with van der Waals surface area (Å²) < 4.78 is 16.8. The van der Waals surface area contributed by atoms with Crippen LogP contribution in [-0.2, 0) is 4.74 Å². The lowest BCUT2D eigenvalue weighted by atomic mass is 10.2. The highest BCUT2D eigenvalue weighted by Crippen LogP contribution is 2.26. The zero-order chi connectivity index (χ0) is 20.1. The second-order valence-electron chi connectivity index (χ2n) is 6.29. The Hall–Kier alpha value is -3.43. The van der Waals surface area contributed by atoms with Crippen LogP contribution in [0.5, 0.6) is 11.6 Å². The van der Waals surface area contributed by atoms with Crippen molar-refractivity contribution in [2.45, 2.75) is 6.23 Å². The number of hydrogen-bond acceptors (Lipinski definition) is 9. The lowest BCUT2D eigenvalue weighted by molar-refractivity contribution is 0.0753. The normalized spacial score (nSPS) is 17.1. The van der Waals surface area contributed by atoms with Gasteiger partial charge in [-0.25, -0.2) is 15.0 Å². The highest BCUT2D eigenvalue weighted by molar-refractivity contribution is 5.61. The minimum atomic E-state index is -1.16. The fraction of sp³-hybridized carbons (Fsp3) is 0.250. The van der Waals surface area contributed by atoms with Crippen molar-refractivity contribution >= 4 is 11.5 Å². The van der Waals surface area contributed by atoms with Crippen molar-refractivity contribution < 1.29 is 19.3 Å². The van der Waals surface area contributed by atoms with E-state index < -0.39 is 6.23 Å². The topological polar surface area (TPSA) is 125 Å². The van der Waals surface area contributed by atoms with Crippen molar-refractivity contribution in [3.63, 3.8) is 0 Å². The molecule has 0 fully saturated rings. The van der Waals surface area contributed by atoms with E-state index >= 15 is 0 Å². The molecule has 1 aliphatic heterocycles. The Kier molecular flexibility index (Phi) is 5.68. The number of pyridine rings is 1. The van der Waals surface area contributed by atoms with Gasteiger partial charge in [0.2, 0.25) is 5.88 Å². The number of nitrogens with one attached hydrogen (secondary N) is 1. The first-order chi connectivity index (χ1) is 14.2. The van der Waals surface area contributed by atoms with Gasteiger partial charge in [0.1, 0.15) is 30.5 Å². The smallest absolute Gasteiger partial charge is 0.213 e. The van der Waals surface area contributed by atoms with Crippen molar-refractivity contribution in [1.29, 1.82) is 0 Å². The van der Waals surface area contributed by atoms with Gasteiger partial charge < -0.3 is 30.4 Å². The average molecular weight is 395 g/mol. The van der Waals surface area contributed by atoms with Crippen LogP contribution in [0.4, 0.5) is 11.5 Å². The molecule has 29 heavy (non-hydrogen) atoms. The van der Waals surface area contributed by atoms with Crippen LogP contribution < -0.4 is 20.5 Å². The highest BCUT2D eigenvalue weighted by Gasteiger charge is 2.16. The molecule has 0 amide bonds. The summed E-state index contributed by atoms with van der Waals surface area (Å²) in [5.74, 6) is 1.23. The van der Waals surface area contributed by atoms with Crippen LogP contribution in [0.2, 0.25) is 0 Å². The molecule has 9 nitrogen and oxygen atoms in total. The first-order valence-electron chi connectivity index (χ1n) is 9.16. The first kappa shape index (κ1) is 18.9. The largest absolute Gasteiger partial charge is 0.491 e.